The Labute approximate surface area is 148 Å². The van der Waals surface area contributed by atoms with Crippen LogP contribution in [0, 0.1) is 18.3 Å². The van der Waals surface area contributed by atoms with Crippen molar-refractivity contribution in [3.8, 4) is 12.3 Å². The standard InChI is InChI=1S/C17H23BrN2O2S/c1-4-9-19-10-11-23(21,22)20(17(13-19)14(2)3)12-15-5-7-16(18)8-6-15/h1,5-8,14,17H,9-13H2,2-3H3. The molecule has 2 rings (SSSR count). The highest BCUT2D eigenvalue weighted by Gasteiger charge is 2.36. The third kappa shape index (κ3) is 4.80. The van der Waals surface area contributed by atoms with Gasteiger partial charge in [0, 0.05) is 30.1 Å². The highest BCUT2D eigenvalue weighted by Crippen LogP contribution is 2.24. The lowest BCUT2D eigenvalue weighted by atomic mass is 10.0. The van der Waals surface area contributed by atoms with Gasteiger partial charge in [-0.1, -0.05) is 47.8 Å². The molecule has 1 aromatic rings. The van der Waals surface area contributed by atoms with Gasteiger partial charge in [-0.3, -0.25) is 4.90 Å². The highest BCUT2D eigenvalue weighted by atomic mass is 79.9. The molecule has 4 nitrogen and oxygen atoms in total. The van der Waals surface area contributed by atoms with Gasteiger partial charge in [-0.05, 0) is 23.6 Å². The topological polar surface area (TPSA) is 40.6 Å². The maximum Gasteiger partial charge on any atom is 0.215 e. The molecule has 23 heavy (non-hydrogen) atoms. The van der Waals surface area contributed by atoms with Gasteiger partial charge in [0.1, 0.15) is 0 Å². The Morgan fingerprint density at radius 3 is 2.57 bits per heavy atom. The van der Waals surface area contributed by atoms with Crippen LogP contribution in [-0.2, 0) is 16.6 Å². The normalized spacial score (nSPS) is 22.7. The molecule has 1 aliphatic rings. The number of halogens is 1. The smallest absolute Gasteiger partial charge is 0.215 e. The zero-order chi connectivity index (χ0) is 17.0. The molecule has 0 bridgehead atoms. The SMILES string of the molecule is C#CCN1CCS(=O)(=O)N(Cc2ccc(Br)cc2)C(C(C)C)C1. The molecule has 0 spiro atoms. The van der Waals surface area contributed by atoms with E-state index in [-0.39, 0.29) is 17.7 Å². The van der Waals surface area contributed by atoms with Crippen LogP contribution in [0.3, 0.4) is 0 Å². The molecule has 0 aromatic heterocycles. The molecular formula is C17H23BrN2O2S. The number of rotatable bonds is 4. The van der Waals surface area contributed by atoms with Crippen LogP contribution in [0.2, 0.25) is 0 Å². The van der Waals surface area contributed by atoms with Crippen molar-refractivity contribution in [3.63, 3.8) is 0 Å². The van der Waals surface area contributed by atoms with Crippen molar-refractivity contribution in [2.45, 2.75) is 26.4 Å². The number of hydrogen-bond acceptors (Lipinski definition) is 3. The zero-order valence-electron chi connectivity index (χ0n) is 13.6. The van der Waals surface area contributed by atoms with Crippen LogP contribution in [0.25, 0.3) is 0 Å². The fraction of sp³-hybridized carbons (Fsp3) is 0.529. The molecule has 0 amide bonds. The summed E-state index contributed by atoms with van der Waals surface area (Å²) < 4.78 is 28.2. The van der Waals surface area contributed by atoms with E-state index in [1.807, 2.05) is 24.3 Å². The Hall–Kier alpha value is -0.870. The van der Waals surface area contributed by atoms with Gasteiger partial charge in [-0.15, -0.1) is 6.42 Å². The fourth-order valence-electron chi connectivity index (χ4n) is 2.82. The Morgan fingerprint density at radius 1 is 1.35 bits per heavy atom. The number of nitrogens with zero attached hydrogens (tertiary/aromatic N) is 2. The summed E-state index contributed by atoms with van der Waals surface area (Å²) in [5, 5.41) is 0. The molecule has 1 atom stereocenters. The van der Waals surface area contributed by atoms with E-state index in [9.17, 15) is 8.42 Å². The molecule has 1 fully saturated rings. The highest BCUT2D eigenvalue weighted by molar-refractivity contribution is 9.10. The van der Waals surface area contributed by atoms with Crippen LogP contribution in [-0.4, -0.2) is 49.1 Å². The second-order valence-electron chi connectivity index (χ2n) is 6.24. The van der Waals surface area contributed by atoms with E-state index in [2.05, 4.69) is 40.6 Å². The van der Waals surface area contributed by atoms with Crippen LogP contribution >= 0.6 is 15.9 Å². The van der Waals surface area contributed by atoms with Crippen LogP contribution < -0.4 is 0 Å². The van der Waals surface area contributed by atoms with Crippen molar-refractivity contribution in [1.29, 1.82) is 0 Å². The zero-order valence-corrected chi connectivity index (χ0v) is 16.0. The third-order valence-electron chi connectivity index (χ3n) is 4.17. The van der Waals surface area contributed by atoms with Gasteiger partial charge in [0.2, 0.25) is 10.0 Å². The van der Waals surface area contributed by atoms with Gasteiger partial charge >= 0.3 is 0 Å². The maximum atomic E-state index is 12.8. The second kappa shape index (κ2) is 7.80. The molecule has 0 radical (unpaired) electrons. The van der Waals surface area contributed by atoms with E-state index in [0.717, 1.165) is 10.0 Å². The van der Waals surface area contributed by atoms with Gasteiger partial charge in [-0.2, -0.15) is 4.31 Å². The van der Waals surface area contributed by atoms with Crippen LogP contribution in [0.15, 0.2) is 28.7 Å². The molecule has 1 saturated heterocycles. The summed E-state index contributed by atoms with van der Waals surface area (Å²) in [5.74, 6) is 2.97. The first-order valence-corrected chi connectivity index (χ1v) is 10.1. The van der Waals surface area contributed by atoms with Crippen molar-refractivity contribution in [1.82, 2.24) is 9.21 Å². The minimum Gasteiger partial charge on any atom is -0.290 e. The molecule has 1 aliphatic heterocycles. The van der Waals surface area contributed by atoms with Crippen molar-refractivity contribution < 1.29 is 8.42 Å². The number of hydrogen-bond donors (Lipinski definition) is 0. The summed E-state index contributed by atoms with van der Waals surface area (Å²) in [7, 11) is -3.30. The van der Waals surface area contributed by atoms with Gasteiger partial charge < -0.3 is 0 Å². The average molecular weight is 399 g/mol. The summed E-state index contributed by atoms with van der Waals surface area (Å²) in [5.41, 5.74) is 0.993. The summed E-state index contributed by atoms with van der Waals surface area (Å²) >= 11 is 3.41. The van der Waals surface area contributed by atoms with Gasteiger partial charge in [0.25, 0.3) is 0 Å². The van der Waals surface area contributed by atoms with E-state index < -0.39 is 10.0 Å². The summed E-state index contributed by atoms with van der Waals surface area (Å²) in [6.45, 7) is 6.19. The lowest BCUT2D eigenvalue weighted by Gasteiger charge is -2.33. The van der Waals surface area contributed by atoms with E-state index in [0.29, 0.717) is 26.2 Å². The predicted octanol–water partition coefficient (Wildman–Crippen LogP) is 2.55. The lowest BCUT2D eigenvalue weighted by molar-refractivity contribution is 0.192. The van der Waals surface area contributed by atoms with E-state index in [1.165, 1.54) is 0 Å². The maximum absolute atomic E-state index is 12.8. The molecule has 6 heteroatoms. The molecule has 0 N–H and O–H groups in total. The first-order valence-electron chi connectivity index (χ1n) is 7.73. The van der Waals surface area contributed by atoms with Gasteiger partial charge in [-0.25, -0.2) is 8.42 Å². The minimum absolute atomic E-state index is 0.0699. The van der Waals surface area contributed by atoms with E-state index >= 15 is 0 Å². The minimum atomic E-state index is -3.30. The molecule has 1 heterocycles. The Balaban J connectivity index is 2.31. The summed E-state index contributed by atoms with van der Waals surface area (Å²) in [4.78, 5) is 2.06. The summed E-state index contributed by atoms with van der Waals surface area (Å²) in [6.07, 6.45) is 5.41. The van der Waals surface area contributed by atoms with Crippen LogP contribution in [0.5, 0.6) is 0 Å². The van der Waals surface area contributed by atoms with E-state index in [4.69, 9.17) is 6.42 Å². The molecular weight excluding hydrogens is 376 g/mol. The first-order chi connectivity index (χ1) is 10.8. The third-order valence-corrected chi connectivity index (χ3v) is 6.52. The Kier molecular flexibility index (Phi) is 6.26. The number of terminal acetylenes is 1. The second-order valence-corrected chi connectivity index (χ2v) is 9.20. The van der Waals surface area contributed by atoms with Gasteiger partial charge in [0.15, 0.2) is 0 Å². The number of benzene rings is 1. The monoisotopic (exact) mass is 398 g/mol. The summed E-state index contributed by atoms with van der Waals surface area (Å²) in [6, 6.07) is 7.73. The molecule has 1 unspecified atom stereocenters. The van der Waals surface area contributed by atoms with Crippen LogP contribution in [0.1, 0.15) is 19.4 Å². The number of sulfonamides is 1. The van der Waals surface area contributed by atoms with Crippen LogP contribution in [0.4, 0.5) is 0 Å². The first kappa shape index (κ1) is 18.5. The Morgan fingerprint density at radius 2 is 2.00 bits per heavy atom. The van der Waals surface area contributed by atoms with Crippen molar-refractivity contribution >= 4 is 26.0 Å². The van der Waals surface area contributed by atoms with Gasteiger partial charge in [0.05, 0.1) is 12.3 Å². The predicted molar refractivity (Wildman–Crippen MR) is 97.4 cm³/mol. The average Bonchev–Trinajstić information content (AvgIpc) is 2.61. The Bertz CT molecular complexity index is 665. The molecule has 1 aromatic carbocycles. The lowest BCUT2D eigenvalue weighted by Crippen LogP contribution is -2.46. The molecule has 126 valence electrons. The fourth-order valence-corrected chi connectivity index (χ4v) is 4.87. The van der Waals surface area contributed by atoms with Crippen molar-refractivity contribution in [3.05, 3.63) is 34.3 Å². The quantitative estimate of drug-likeness (QED) is 0.731. The molecule has 0 aliphatic carbocycles. The van der Waals surface area contributed by atoms with Crippen molar-refractivity contribution in [2.75, 3.05) is 25.4 Å². The van der Waals surface area contributed by atoms with E-state index in [1.54, 1.807) is 4.31 Å². The van der Waals surface area contributed by atoms with Crippen molar-refractivity contribution in [2.24, 2.45) is 5.92 Å². The largest absolute Gasteiger partial charge is 0.290 e. The molecule has 0 saturated carbocycles.